The molecular weight excluding hydrogens is 504 g/mol. The van der Waals surface area contributed by atoms with Gasteiger partial charge in [-0.3, -0.25) is 28.8 Å². The summed E-state index contributed by atoms with van der Waals surface area (Å²) in [6.07, 6.45) is 1.17. The third kappa shape index (κ3) is 10.8. The van der Waals surface area contributed by atoms with E-state index >= 15 is 0 Å². The van der Waals surface area contributed by atoms with Gasteiger partial charge in [-0.15, -0.1) is 0 Å². The normalized spacial score (nSPS) is 29.3. The van der Waals surface area contributed by atoms with Crippen LogP contribution in [-0.2, 0) is 28.8 Å². The maximum absolute atomic E-state index is 13.1. The summed E-state index contributed by atoms with van der Waals surface area (Å²) in [6.45, 7) is 15.7. The highest BCUT2D eigenvalue weighted by Gasteiger charge is 2.33. The van der Waals surface area contributed by atoms with Crippen molar-refractivity contribution in [1.82, 2.24) is 31.9 Å². The summed E-state index contributed by atoms with van der Waals surface area (Å²) in [6, 6.07) is -5.87. The second-order valence-electron chi connectivity index (χ2n) is 11.4. The summed E-state index contributed by atoms with van der Waals surface area (Å²) >= 11 is 0. The zero-order valence-electron chi connectivity index (χ0n) is 24.8. The summed E-state index contributed by atoms with van der Waals surface area (Å²) < 4.78 is 0. The van der Waals surface area contributed by atoms with E-state index in [0.717, 1.165) is 0 Å². The van der Waals surface area contributed by atoms with E-state index in [2.05, 4.69) is 31.9 Å². The first kappa shape index (κ1) is 33.8. The average molecular weight is 553 g/mol. The van der Waals surface area contributed by atoms with Gasteiger partial charge in [-0.2, -0.15) is 0 Å². The molecule has 0 radical (unpaired) electrons. The number of carbonyl (C=O) groups excluding carboxylic acids is 6. The average Bonchev–Trinajstić information content (AvgIpc) is 2.84. The van der Waals surface area contributed by atoms with Gasteiger partial charge in [0.1, 0.15) is 36.3 Å². The molecular formula is C27H48N6O6. The molecule has 222 valence electrons. The Labute approximate surface area is 231 Å². The predicted molar refractivity (Wildman–Crippen MR) is 147 cm³/mol. The van der Waals surface area contributed by atoms with Crippen LogP contribution in [0, 0.1) is 17.8 Å². The molecule has 0 saturated carbocycles. The summed E-state index contributed by atoms with van der Waals surface area (Å²) in [4.78, 5) is 78.2. The fourth-order valence-corrected chi connectivity index (χ4v) is 4.11. The molecule has 1 fully saturated rings. The molecule has 12 heteroatoms. The molecule has 0 aromatic rings. The molecule has 7 atom stereocenters. The summed E-state index contributed by atoms with van der Waals surface area (Å²) in [5.74, 6) is -3.57. The summed E-state index contributed by atoms with van der Waals surface area (Å²) in [5.41, 5.74) is 0. The van der Waals surface area contributed by atoms with Crippen LogP contribution in [0.5, 0.6) is 0 Å². The Balaban J connectivity index is 3.41. The van der Waals surface area contributed by atoms with Crippen LogP contribution in [0.1, 0.15) is 81.6 Å². The molecule has 6 N–H and O–H groups in total. The number of rotatable bonds is 6. The van der Waals surface area contributed by atoms with Gasteiger partial charge in [0.25, 0.3) is 0 Å². The molecule has 0 aliphatic carbocycles. The molecule has 0 aromatic heterocycles. The first-order valence-electron chi connectivity index (χ1n) is 13.9. The Hall–Kier alpha value is -3.18. The number of nitrogens with one attached hydrogen (secondary N) is 6. The Morgan fingerprint density at radius 2 is 0.846 bits per heavy atom. The molecule has 6 amide bonds. The second-order valence-corrected chi connectivity index (χ2v) is 11.4. The third-order valence-electron chi connectivity index (χ3n) is 6.73. The highest BCUT2D eigenvalue weighted by atomic mass is 16.2. The van der Waals surface area contributed by atoms with E-state index in [1.165, 1.54) is 20.8 Å². The van der Waals surface area contributed by atoms with Crippen LogP contribution < -0.4 is 31.9 Å². The van der Waals surface area contributed by atoms with Gasteiger partial charge < -0.3 is 31.9 Å². The van der Waals surface area contributed by atoms with Gasteiger partial charge in [-0.25, -0.2) is 0 Å². The summed E-state index contributed by atoms with van der Waals surface area (Å²) in [7, 11) is 0. The zero-order chi connectivity index (χ0) is 30.0. The first-order valence-corrected chi connectivity index (χ1v) is 13.9. The van der Waals surface area contributed by atoms with E-state index in [1.807, 2.05) is 34.6 Å². The van der Waals surface area contributed by atoms with Crippen LogP contribution in [0.4, 0.5) is 0 Å². The van der Waals surface area contributed by atoms with Gasteiger partial charge in [0.2, 0.25) is 35.4 Å². The van der Waals surface area contributed by atoms with E-state index in [9.17, 15) is 28.8 Å². The van der Waals surface area contributed by atoms with Crippen LogP contribution >= 0.6 is 0 Å². The van der Waals surface area contributed by atoms with Crippen LogP contribution in [0.25, 0.3) is 0 Å². The molecule has 1 aliphatic heterocycles. The molecule has 1 heterocycles. The minimum absolute atomic E-state index is 0.0408. The second kappa shape index (κ2) is 15.4. The highest BCUT2D eigenvalue weighted by Crippen LogP contribution is 2.11. The SMILES string of the molecule is CCC(C)C1NC(=O)C(C)NC(=O)C(CC(C)C)NC(=O)C(C)NC(=O)C(CC(C)C)NC(=O)C(C)NC1=O. The molecule has 12 nitrogen and oxygen atoms in total. The highest BCUT2D eigenvalue weighted by molar-refractivity contribution is 5.98. The largest absolute Gasteiger partial charge is 0.343 e. The van der Waals surface area contributed by atoms with E-state index in [4.69, 9.17) is 0 Å². The van der Waals surface area contributed by atoms with Crippen LogP contribution in [0.15, 0.2) is 0 Å². The van der Waals surface area contributed by atoms with Crippen molar-refractivity contribution >= 4 is 35.4 Å². The van der Waals surface area contributed by atoms with Gasteiger partial charge in [0, 0.05) is 0 Å². The Kier molecular flexibility index (Phi) is 13.4. The topological polar surface area (TPSA) is 175 Å². The number of hydrogen-bond acceptors (Lipinski definition) is 6. The van der Waals surface area contributed by atoms with Crippen LogP contribution in [0.3, 0.4) is 0 Å². The van der Waals surface area contributed by atoms with E-state index in [1.54, 1.807) is 6.92 Å². The molecule has 0 aromatic carbocycles. The molecule has 0 bridgehead atoms. The minimum Gasteiger partial charge on any atom is -0.343 e. The number of amides is 6. The van der Waals surface area contributed by atoms with Gasteiger partial charge in [0.05, 0.1) is 0 Å². The Bertz CT molecular complexity index is 899. The van der Waals surface area contributed by atoms with Gasteiger partial charge in [-0.1, -0.05) is 48.0 Å². The fourth-order valence-electron chi connectivity index (χ4n) is 4.11. The third-order valence-corrected chi connectivity index (χ3v) is 6.73. The van der Waals surface area contributed by atoms with E-state index < -0.39 is 71.7 Å². The quantitative estimate of drug-likeness (QED) is 0.273. The van der Waals surface area contributed by atoms with E-state index in [-0.39, 0.29) is 17.8 Å². The predicted octanol–water partition coefficient (Wildman–Crippen LogP) is 0.107. The van der Waals surface area contributed by atoms with Crippen molar-refractivity contribution in [3.8, 4) is 0 Å². The monoisotopic (exact) mass is 552 g/mol. The molecule has 1 saturated heterocycles. The van der Waals surface area contributed by atoms with Crippen molar-refractivity contribution in [3.05, 3.63) is 0 Å². The zero-order valence-corrected chi connectivity index (χ0v) is 24.8. The van der Waals surface area contributed by atoms with Crippen molar-refractivity contribution in [2.75, 3.05) is 0 Å². The van der Waals surface area contributed by atoms with Crippen molar-refractivity contribution in [1.29, 1.82) is 0 Å². The van der Waals surface area contributed by atoms with Crippen LogP contribution in [-0.4, -0.2) is 71.7 Å². The first-order chi connectivity index (χ1) is 18.1. The fraction of sp³-hybridized carbons (Fsp3) is 0.778. The van der Waals surface area contributed by atoms with Gasteiger partial charge in [0.15, 0.2) is 0 Å². The lowest BCUT2D eigenvalue weighted by molar-refractivity contribution is -0.137. The number of hydrogen-bond donors (Lipinski definition) is 6. The summed E-state index contributed by atoms with van der Waals surface area (Å²) in [5, 5.41) is 15.9. The van der Waals surface area contributed by atoms with Crippen molar-refractivity contribution in [2.24, 2.45) is 17.8 Å². The lowest BCUT2D eigenvalue weighted by Gasteiger charge is -2.29. The lowest BCUT2D eigenvalue weighted by atomic mass is 9.97. The Morgan fingerprint density at radius 3 is 1.18 bits per heavy atom. The standard InChI is InChI=1S/C27H48N6O6/c1-10-15(6)21-27(39)30-17(8)23(35)32-19(11-13(2)3)25(37)28-16(7)22(34)31-20(12-14(4)5)26(38)29-18(9)24(36)33-21/h13-21H,10-12H2,1-9H3,(H,28,37)(H,29,38)(H,30,39)(H,31,34)(H,32,35)(H,33,36). The molecule has 0 spiro atoms. The molecule has 39 heavy (non-hydrogen) atoms. The maximum atomic E-state index is 13.1. The van der Waals surface area contributed by atoms with Crippen molar-refractivity contribution in [3.63, 3.8) is 0 Å². The van der Waals surface area contributed by atoms with Crippen molar-refractivity contribution in [2.45, 2.75) is 118 Å². The van der Waals surface area contributed by atoms with Crippen molar-refractivity contribution < 1.29 is 28.8 Å². The Morgan fingerprint density at radius 1 is 0.513 bits per heavy atom. The lowest BCUT2D eigenvalue weighted by Crippen LogP contribution is -2.61. The number of carbonyl (C=O) groups is 6. The smallest absolute Gasteiger partial charge is 0.243 e. The molecule has 1 aliphatic rings. The van der Waals surface area contributed by atoms with E-state index in [0.29, 0.717) is 19.3 Å². The molecule has 7 unspecified atom stereocenters. The van der Waals surface area contributed by atoms with Gasteiger partial charge >= 0.3 is 0 Å². The maximum Gasteiger partial charge on any atom is 0.243 e. The van der Waals surface area contributed by atoms with Gasteiger partial charge in [-0.05, 0) is 51.4 Å². The molecule has 1 rings (SSSR count). The van der Waals surface area contributed by atoms with Crippen LogP contribution in [0.2, 0.25) is 0 Å². The minimum atomic E-state index is -1.00.